The van der Waals surface area contributed by atoms with Gasteiger partial charge in [-0.1, -0.05) is 48.5 Å². The van der Waals surface area contributed by atoms with Crippen molar-refractivity contribution >= 4 is 18.0 Å². The topological polar surface area (TPSA) is 125 Å². The highest BCUT2D eigenvalue weighted by Crippen LogP contribution is 2.44. The smallest absolute Gasteiger partial charge is 0.407 e. The van der Waals surface area contributed by atoms with Gasteiger partial charge in [-0.15, -0.1) is 0 Å². The van der Waals surface area contributed by atoms with Crippen molar-refractivity contribution in [2.45, 2.75) is 36.8 Å². The van der Waals surface area contributed by atoms with Crippen molar-refractivity contribution < 1.29 is 29.3 Å². The summed E-state index contributed by atoms with van der Waals surface area (Å²) in [6, 6.07) is 14.5. The van der Waals surface area contributed by atoms with E-state index in [4.69, 9.17) is 9.84 Å². The first-order valence-corrected chi connectivity index (χ1v) is 10.2. The minimum Gasteiger partial charge on any atom is -0.481 e. The van der Waals surface area contributed by atoms with Gasteiger partial charge < -0.3 is 25.6 Å². The van der Waals surface area contributed by atoms with E-state index in [1.54, 1.807) is 0 Å². The minimum atomic E-state index is -1.29. The number of aliphatic carboxylic acids is 1. The number of alkyl carbamates (subject to hydrolysis) is 1. The van der Waals surface area contributed by atoms with Gasteiger partial charge in [0, 0.05) is 5.92 Å². The number of hydrogen-bond donors (Lipinski definition) is 4. The summed E-state index contributed by atoms with van der Waals surface area (Å²) in [6.07, 6.45) is -0.227. The second kappa shape index (κ2) is 8.39. The highest BCUT2D eigenvalue weighted by Gasteiger charge is 2.44. The fourth-order valence-electron chi connectivity index (χ4n) is 3.99. The van der Waals surface area contributed by atoms with Crippen LogP contribution in [0.5, 0.6) is 0 Å². The number of aliphatic hydroxyl groups is 1. The van der Waals surface area contributed by atoms with Crippen molar-refractivity contribution in [2.75, 3.05) is 13.2 Å². The Morgan fingerprint density at radius 3 is 2.13 bits per heavy atom. The van der Waals surface area contributed by atoms with Gasteiger partial charge in [0.25, 0.3) is 0 Å². The fraction of sp³-hybridized carbons (Fsp3) is 0.348. The number of aliphatic hydroxyl groups excluding tert-OH is 1. The van der Waals surface area contributed by atoms with Gasteiger partial charge in [-0.05, 0) is 35.1 Å². The lowest BCUT2D eigenvalue weighted by molar-refractivity contribution is -0.140. The molecule has 0 bridgehead atoms. The van der Waals surface area contributed by atoms with Crippen LogP contribution < -0.4 is 10.6 Å². The summed E-state index contributed by atoms with van der Waals surface area (Å²) < 4.78 is 5.40. The molecular formula is C23H24N2O6. The molecule has 0 spiro atoms. The largest absolute Gasteiger partial charge is 0.481 e. The van der Waals surface area contributed by atoms with Crippen molar-refractivity contribution in [3.8, 4) is 11.1 Å². The second-order valence-electron chi connectivity index (χ2n) is 8.05. The van der Waals surface area contributed by atoms with Crippen molar-refractivity contribution in [2.24, 2.45) is 0 Å². The van der Waals surface area contributed by atoms with E-state index in [9.17, 15) is 19.5 Å². The maximum absolute atomic E-state index is 12.5. The first kappa shape index (κ1) is 20.9. The summed E-state index contributed by atoms with van der Waals surface area (Å²) in [7, 11) is 0. The molecule has 0 aliphatic heterocycles. The van der Waals surface area contributed by atoms with Gasteiger partial charge in [0.1, 0.15) is 12.6 Å². The van der Waals surface area contributed by atoms with Crippen molar-refractivity contribution in [3.05, 3.63) is 59.7 Å². The normalized spacial score (nSPS) is 16.5. The predicted octanol–water partition coefficient (Wildman–Crippen LogP) is 2.01. The third-order valence-electron chi connectivity index (χ3n) is 5.88. The van der Waals surface area contributed by atoms with Crippen LogP contribution in [-0.2, 0) is 14.3 Å². The van der Waals surface area contributed by atoms with Crippen molar-refractivity contribution in [3.63, 3.8) is 0 Å². The Morgan fingerprint density at radius 1 is 1.03 bits per heavy atom. The number of ether oxygens (including phenoxy) is 1. The number of carboxylic acid groups (broad SMARTS) is 1. The molecule has 4 N–H and O–H groups in total. The predicted molar refractivity (Wildman–Crippen MR) is 111 cm³/mol. The third kappa shape index (κ3) is 4.39. The molecule has 31 heavy (non-hydrogen) atoms. The first-order valence-electron chi connectivity index (χ1n) is 10.2. The van der Waals surface area contributed by atoms with Crippen molar-refractivity contribution in [1.29, 1.82) is 0 Å². The van der Waals surface area contributed by atoms with Crippen LogP contribution in [0.4, 0.5) is 4.79 Å². The van der Waals surface area contributed by atoms with Gasteiger partial charge in [0.05, 0.1) is 18.6 Å². The molecule has 8 nitrogen and oxygen atoms in total. The molecule has 0 aromatic heterocycles. The lowest BCUT2D eigenvalue weighted by Gasteiger charge is -2.21. The highest BCUT2D eigenvalue weighted by atomic mass is 16.5. The third-order valence-corrected chi connectivity index (χ3v) is 5.88. The first-order chi connectivity index (χ1) is 14.9. The van der Waals surface area contributed by atoms with E-state index >= 15 is 0 Å². The minimum absolute atomic E-state index is 0.0574. The Labute approximate surface area is 179 Å². The average Bonchev–Trinajstić information content (AvgIpc) is 3.46. The molecule has 2 aliphatic rings. The van der Waals surface area contributed by atoms with Gasteiger partial charge in [-0.3, -0.25) is 9.59 Å². The summed E-state index contributed by atoms with van der Waals surface area (Å²) in [5.74, 6) is -2.02. The Kier molecular flexibility index (Phi) is 5.65. The number of benzene rings is 2. The van der Waals surface area contributed by atoms with Crippen LogP contribution in [0.2, 0.25) is 0 Å². The molecule has 2 aliphatic carbocycles. The summed E-state index contributed by atoms with van der Waals surface area (Å²) in [4.78, 5) is 36.0. The van der Waals surface area contributed by atoms with Gasteiger partial charge >= 0.3 is 12.1 Å². The molecule has 8 heteroatoms. The lowest BCUT2D eigenvalue weighted by Crippen LogP contribution is -2.52. The van der Waals surface area contributed by atoms with Crippen LogP contribution in [0.25, 0.3) is 11.1 Å². The van der Waals surface area contributed by atoms with E-state index in [1.807, 2.05) is 48.5 Å². The number of carbonyl (C=O) groups excluding carboxylic acids is 2. The van der Waals surface area contributed by atoms with Crippen LogP contribution >= 0.6 is 0 Å². The van der Waals surface area contributed by atoms with E-state index in [0.29, 0.717) is 12.8 Å². The van der Waals surface area contributed by atoms with Gasteiger partial charge in [0.2, 0.25) is 5.91 Å². The maximum atomic E-state index is 12.5. The van der Waals surface area contributed by atoms with E-state index < -0.39 is 36.0 Å². The molecule has 1 saturated carbocycles. The van der Waals surface area contributed by atoms with E-state index in [1.165, 1.54) is 0 Å². The van der Waals surface area contributed by atoms with Gasteiger partial charge in [0.15, 0.2) is 0 Å². The monoisotopic (exact) mass is 424 g/mol. The zero-order chi connectivity index (χ0) is 22.0. The maximum Gasteiger partial charge on any atom is 0.407 e. The van der Waals surface area contributed by atoms with Crippen LogP contribution in [0.15, 0.2) is 48.5 Å². The molecule has 1 fully saturated rings. The molecule has 2 aromatic carbocycles. The number of carbonyl (C=O) groups is 3. The quantitative estimate of drug-likeness (QED) is 0.514. The summed E-state index contributed by atoms with van der Waals surface area (Å²) in [5.41, 5.74) is 3.57. The zero-order valence-electron chi connectivity index (χ0n) is 16.8. The number of carboxylic acids is 1. The number of fused-ring (bicyclic) bond motifs is 3. The molecule has 162 valence electrons. The highest BCUT2D eigenvalue weighted by molar-refractivity contribution is 5.90. The van der Waals surface area contributed by atoms with Crippen LogP contribution in [-0.4, -0.2) is 53.0 Å². The number of nitrogens with one attached hydrogen (secondary N) is 2. The molecular weight excluding hydrogens is 400 g/mol. The summed E-state index contributed by atoms with van der Waals surface area (Å²) in [5, 5.41) is 23.5. The van der Waals surface area contributed by atoms with Crippen LogP contribution in [0, 0.1) is 0 Å². The summed E-state index contributed by atoms with van der Waals surface area (Å²) in [6.45, 7) is -0.175. The second-order valence-corrected chi connectivity index (χ2v) is 8.05. The number of amides is 2. The Morgan fingerprint density at radius 2 is 1.61 bits per heavy atom. The molecule has 1 atom stereocenters. The van der Waals surface area contributed by atoms with E-state index in [2.05, 4.69) is 10.6 Å². The van der Waals surface area contributed by atoms with Crippen LogP contribution in [0.1, 0.15) is 36.3 Å². The molecule has 2 amide bonds. The van der Waals surface area contributed by atoms with Gasteiger partial charge in [-0.2, -0.15) is 0 Å². The number of rotatable bonds is 8. The van der Waals surface area contributed by atoms with Gasteiger partial charge in [-0.25, -0.2) is 4.79 Å². The molecule has 2 aromatic rings. The average molecular weight is 424 g/mol. The van der Waals surface area contributed by atoms with E-state index in [-0.39, 0.29) is 19.1 Å². The molecule has 4 rings (SSSR count). The fourth-order valence-corrected chi connectivity index (χ4v) is 3.99. The standard InChI is InChI=1S/C23H24N2O6/c26-13-23(9-10-23)25-21(29)19(11-20(27)28)24-22(30)31-12-18-16-7-3-1-5-14(16)15-6-2-4-8-17(15)18/h1-8,18-19,26H,9-13H2,(H,24,30)(H,25,29)(H,27,28). The SMILES string of the molecule is O=C(O)CC(NC(=O)OCC1c2ccccc2-c2ccccc21)C(=O)NC1(CO)CC1. The zero-order valence-corrected chi connectivity index (χ0v) is 16.8. The lowest BCUT2D eigenvalue weighted by atomic mass is 9.98. The molecule has 0 saturated heterocycles. The molecule has 1 unspecified atom stereocenters. The van der Waals surface area contributed by atoms with Crippen molar-refractivity contribution in [1.82, 2.24) is 10.6 Å². The summed E-state index contributed by atoms with van der Waals surface area (Å²) >= 11 is 0. The molecule has 0 radical (unpaired) electrons. The Hall–Kier alpha value is -3.39. The van der Waals surface area contributed by atoms with Crippen LogP contribution in [0.3, 0.4) is 0 Å². The number of hydrogen-bond acceptors (Lipinski definition) is 5. The molecule has 0 heterocycles. The Bertz CT molecular complexity index is 971. The van der Waals surface area contributed by atoms with E-state index in [0.717, 1.165) is 22.3 Å². The Balaban J connectivity index is 1.42.